The van der Waals surface area contributed by atoms with Crippen LogP contribution in [0.15, 0.2) is 24.7 Å². The summed E-state index contributed by atoms with van der Waals surface area (Å²) in [7, 11) is -4.17. The zero-order valence-corrected chi connectivity index (χ0v) is 20.8. The fraction of sp³-hybridized carbons (Fsp3) is 0.524. The SMILES string of the molecule is O=C(Nc1cn(C2COC(CCS(=O)(=O)O)OC2)nc1C(F)F)c1cnn2ccc(N3CCOCC3)nc12. The molecule has 0 aromatic carbocycles. The van der Waals surface area contributed by atoms with Gasteiger partial charge < -0.3 is 24.4 Å². The number of hydrogen-bond donors (Lipinski definition) is 2. The van der Waals surface area contributed by atoms with Gasteiger partial charge >= 0.3 is 0 Å². The lowest BCUT2D eigenvalue weighted by molar-refractivity contribution is -0.197. The third kappa shape index (κ3) is 5.91. The van der Waals surface area contributed by atoms with Crippen LogP contribution in [-0.4, -0.2) is 94.8 Å². The number of rotatable bonds is 8. The van der Waals surface area contributed by atoms with E-state index in [2.05, 4.69) is 20.5 Å². The van der Waals surface area contributed by atoms with Crippen LogP contribution < -0.4 is 10.2 Å². The fourth-order valence-corrected chi connectivity index (χ4v) is 4.62. The minimum Gasteiger partial charge on any atom is -0.378 e. The maximum atomic E-state index is 13.8. The standard InChI is InChI=1S/C21H25F2N7O7S/c22-19(23)18-15(10-30(27-18)13-11-36-17(37-12-13)2-8-38(32,33)34)25-21(31)14-9-24-29-3-1-16(26-20(14)29)28-4-6-35-7-5-28/h1,3,9-10,13,17,19H,2,4-8,11-12H2,(H,25,31)(H,32,33,34). The zero-order valence-electron chi connectivity index (χ0n) is 19.9. The number of aromatic nitrogens is 5. The normalized spacial score (nSPS) is 20.8. The summed E-state index contributed by atoms with van der Waals surface area (Å²) in [5.41, 5.74) is -0.464. The second-order valence-corrected chi connectivity index (χ2v) is 10.3. The molecule has 2 fully saturated rings. The van der Waals surface area contributed by atoms with Crippen LogP contribution in [0.25, 0.3) is 5.65 Å². The van der Waals surface area contributed by atoms with E-state index in [1.54, 1.807) is 12.3 Å². The molecule has 5 heterocycles. The number of carbonyl (C=O) groups is 1. The summed E-state index contributed by atoms with van der Waals surface area (Å²) < 4.78 is 77.1. The lowest BCUT2D eigenvalue weighted by atomic mass is 10.3. The molecule has 3 aromatic rings. The molecule has 0 saturated carbocycles. The van der Waals surface area contributed by atoms with Crippen molar-refractivity contribution >= 4 is 33.2 Å². The van der Waals surface area contributed by atoms with E-state index in [-0.39, 0.29) is 36.5 Å². The third-order valence-corrected chi connectivity index (χ3v) is 6.84. The van der Waals surface area contributed by atoms with Gasteiger partial charge in [0.1, 0.15) is 11.4 Å². The molecule has 14 nitrogen and oxygen atoms in total. The number of carbonyl (C=O) groups excluding carboxylic acids is 1. The number of halogens is 2. The monoisotopic (exact) mass is 557 g/mol. The number of nitrogens with one attached hydrogen (secondary N) is 1. The molecule has 5 rings (SSSR count). The summed E-state index contributed by atoms with van der Waals surface area (Å²) in [5.74, 6) is -0.583. The average molecular weight is 558 g/mol. The van der Waals surface area contributed by atoms with Crippen LogP contribution in [0.1, 0.15) is 34.9 Å². The van der Waals surface area contributed by atoms with Gasteiger partial charge in [0.05, 0.1) is 50.1 Å². The van der Waals surface area contributed by atoms with Gasteiger partial charge in [-0.15, -0.1) is 0 Å². The van der Waals surface area contributed by atoms with Crippen LogP contribution >= 0.6 is 0 Å². The van der Waals surface area contributed by atoms with E-state index in [4.69, 9.17) is 18.8 Å². The number of ether oxygens (including phenoxy) is 3. The molecule has 0 atom stereocenters. The predicted octanol–water partition coefficient (Wildman–Crippen LogP) is 1.14. The third-order valence-electron chi connectivity index (χ3n) is 6.08. The fourth-order valence-electron chi connectivity index (χ4n) is 4.13. The van der Waals surface area contributed by atoms with Crippen molar-refractivity contribution < 1.29 is 40.8 Å². The molecule has 3 aromatic heterocycles. The first kappa shape index (κ1) is 26.4. The van der Waals surface area contributed by atoms with Crippen LogP contribution in [0, 0.1) is 0 Å². The summed E-state index contributed by atoms with van der Waals surface area (Å²) in [6, 6.07) is 1.17. The van der Waals surface area contributed by atoms with Crippen molar-refractivity contribution in [1.29, 1.82) is 0 Å². The lowest BCUT2D eigenvalue weighted by Gasteiger charge is -2.29. The number of alkyl halides is 2. The van der Waals surface area contributed by atoms with Gasteiger partial charge in [0, 0.05) is 31.9 Å². The van der Waals surface area contributed by atoms with Crippen LogP contribution in [-0.2, 0) is 24.3 Å². The molecule has 0 bridgehead atoms. The van der Waals surface area contributed by atoms with Gasteiger partial charge in [-0.2, -0.15) is 18.6 Å². The van der Waals surface area contributed by atoms with E-state index < -0.39 is 46.2 Å². The number of anilines is 2. The number of hydrogen-bond acceptors (Lipinski definition) is 10. The molecule has 0 radical (unpaired) electrons. The van der Waals surface area contributed by atoms with Crippen molar-refractivity contribution in [2.75, 3.05) is 55.5 Å². The lowest BCUT2D eigenvalue weighted by Crippen LogP contribution is -2.36. The Morgan fingerprint density at radius 3 is 2.66 bits per heavy atom. The van der Waals surface area contributed by atoms with Crippen molar-refractivity contribution in [3.05, 3.63) is 35.9 Å². The van der Waals surface area contributed by atoms with Crippen molar-refractivity contribution in [2.24, 2.45) is 0 Å². The summed E-state index contributed by atoms with van der Waals surface area (Å²) >= 11 is 0. The van der Waals surface area contributed by atoms with Crippen molar-refractivity contribution in [2.45, 2.75) is 25.2 Å². The summed E-state index contributed by atoms with van der Waals surface area (Å²) in [6.07, 6.45) is 0.294. The van der Waals surface area contributed by atoms with E-state index in [0.29, 0.717) is 32.1 Å². The molecule has 2 N–H and O–H groups in total. The number of fused-ring (bicyclic) bond motifs is 1. The molecule has 1 amide bonds. The maximum Gasteiger partial charge on any atom is 0.284 e. The molecule has 0 spiro atoms. The Balaban J connectivity index is 1.30. The largest absolute Gasteiger partial charge is 0.378 e. The molecule has 2 aliphatic rings. The highest BCUT2D eigenvalue weighted by Crippen LogP contribution is 2.29. The molecule has 2 aliphatic heterocycles. The van der Waals surface area contributed by atoms with E-state index in [1.807, 2.05) is 4.90 Å². The van der Waals surface area contributed by atoms with Gasteiger partial charge in [0.2, 0.25) is 0 Å². The second-order valence-electron chi connectivity index (χ2n) is 8.70. The van der Waals surface area contributed by atoms with Crippen molar-refractivity contribution in [1.82, 2.24) is 24.4 Å². The molecule has 17 heteroatoms. The molecule has 2 saturated heterocycles. The Hall–Kier alpha value is -3.25. The smallest absolute Gasteiger partial charge is 0.284 e. The Morgan fingerprint density at radius 1 is 1.24 bits per heavy atom. The number of morpholine rings is 1. The second kappa shape index (κ2) is 10.9. The first-order chi connectivity index (χ1) is 18.2. The minimum absolute atomic E-state index is 0.00380. The highest BCUT2D eigenvalue weighted by atomic mass is 32.2. The number of amides is 1. The zero-order chi connectivity index (χ0) is 26.9. The Morgan fingerprint density at radius 2 is 1.97 bits per heavy atom. The summed E-state index contributed by atoms with van der Waals surface area (Å²) in [5, 5.41) is 10.5. The first-order valence-electron chi connectivity index (χ1n) is 11.7. The van der Waals surface area contributed by atoms with Crippen LogP contribution in [0.5, 0.6) is 0 Å². The highest BCUT2D eigenvalue weighted by molar-refractivity contribution is 7.85. The van der Waals surface area contributed by atoms with Crippen molar-refractivity contribution in [3.63, 3.8) is 0 Å². The van der Waals surface area contributed by atoms with E-state index in [0.717, 1.165) is 0 Å². The average Bonchev–Trinajstić information content (AvgIpc) is 3.52. The molecular weight excluding hydrogens is 532 g/mol. The predicted molar refractivity (Wildman–Crippen MR) is 127 cm³/mol. The Kier molecular flexibility index (Phi) is 7.53. The number of nitrogens with zero attached hydrogens (tertiary/aromatic N) is 6. The molecular formula is C21H25F2N7O7S. The van der Waals surface area contributed by atoms with Crippen LogP contribution in [0.3, 0.4) is 0 Å². The van der Waals surface area contributed by atoms with Crippen LogP contribution in [0.2, 0.25) is 0 Å². The molecule has 0 aliphatic carbocycles. The quantitative estimate of drug-likeness (QED) is 0.382. The maximum absolute atomic E-state index is 13.8. The van der Waals surface area contributed by atoms with Crippen LogP contribution in [0.4, 0.5) is 20.3 Å². The highest BCUT2D eigenvalue weighted by Gasteiger charge is 2.29. The van der Waals surface area contributed by atoms with Gasteiger partial charge in [-0.1, -0.05) is 0 Å². The molecule has 206 valence electrons. The Labute approximate surface area is 215 Å². The first-order valence-corrected chi connectivity index (χ1v) is 13.3. The molecule has 0 unspecified atom stereocenters. The summed E-state index contributed by atoms with van der Waals surface area (Å²) in [4.78, 5) is 19.7. The van der Waals surface area contributed by atoms with E-state index in [1.165, 1.54) is 21.6 Å². The summed E-state index contributed by atoms with van der Waals surface area (Å²) in [6.45, 7) is 2.40. The van der Waals surface area contributed by atoms with E-state index in [9.17, 15) is 22.0 Å². The van der Waals surface area contributed by atoms with E-state index >= 15 is 0 Å². The Bertz CT molecular complexity index is 1400. The van der Waals surface area contributed by atoms with Crippen molar-refractivity contribution in [3.8, 4) is 0 Å². The van der Waals surface area contributed by atoms with Gasteiger partial charge in [-0.3, -0.25) is 14.0 Å². The van der Waals surface area contributed by atoms with Gasteiger partial charge in [0.25, 0.3) is 22.5 Å². The van der Waals surface area contributed by atoms with Gasteiger partial charge in [-0.25, -0.2) is 18.3 Å². The minimum atomic E-state index is -4.17. The topological polar surface area (TPSA) is 162 Å². The van der Waals surface area contributed by atoms with Gasteiger partial charge in [-0.05, 0) is 6.07 Å². The van der Waals surface area contributed by atoms with Gasteiger partial charge in [0.15, 0.2) is 17.6 Å². The molecule has 38 heavy (non-hydrogen) atoms.